The van der Waals surface area contributed by atoms with Crippen molar-refractivity contribution in [1.82, 2.24) is 10.3 Å². The summed E-state index contributed by atoms with van der Waals surface area (Å²) in [6, 6.07) is 3.56. The van der Waals surface area contributed by atoms with E-state index in [0.717, 1.165) is 25.0 Å². The molecule has 0 aliphatic heterocycles. The van der Waals surface area contributed by atoms with Crippen LogP contribution in [0.4, 0.5) is 0 Å². The Morgan fingerprint density at radius 2 is 2.42 bits per heavy atom. The molecule has 19 heavy (non-hydrogen) atoms. The molecule has 0 radical (unpaired) electrons. The molecule has 1 amide bonds. The highest BCUT2D eigenvalue weighted by Crippen LogP contribution is 2.33. The minimum absolute atomic E-state index is 0.0414. The van der Waals surface area contributed by atoms with Crippen LogP contribution in [0.5, 0.6) is 0 Å². The molecule has 4 heteroatoms. The van der Waals surface area contributed by atoms with Gasteiger partial charge < -0.3 is 5.32 Å². The molecule has 1 heterocycles. The second kappa shape index (κ2) is 5.91. The van der Waals surface area contributed by atoms with Crippen molar-refractivity contribution in [2.24, 2.45) is 5.92 Å². The lowest BCUT2D eigenvalue weighted by Crippen LogP contribution is -2.52. The third-order valence-electron chi connectivity index (χ3n) is 3.88. The van der Waals surface area contributed by atoms with Gasteiger partial charge in [0.25, 0.3) is 5.91 Å². The van der Waals surface area contributed by atoms with E-state index < -0.39 is 0 Å². The van der Waals surface area contributed by atoms with E-state index in [1.807, 2.05) is 13.0 Å². The van der Waals surface area contributed by atoms with Crippen LogP contribution in [0.3, 0.4) is 0 Å². The van der Waals surface area contributed by atoms with Crippen molar-refractivity contribution >= 4 is 17.5 Å². The summed E-state index contributed by atoms with van der Waals surface area (Å²) < 4.78 is 0. The standard InChI is InChI=1S/C15H21ClN2O/c1-11-4-3-6-15(9-11,10-16)18-14(19)13-5-7-17-12(2)8-13/h5,7-8,11H,3-4,6,9-10H2,1-2H3,(H,18,19). The minimum Gasteiger partial charge on any atom is -0.345 e. The Hall–Kier alpha value is -1.09. The zero-order valence-electron chi connectivity index (χ0n) is 11.6. The molecule has 1 aliphatic carbocycles. The second-order valence-electron chi connectivity index (χ2n) is 5.76. The number of nitrogens with zero attached hydrogens (tertiary/aromatic N) is 1. The predicted molar refractivity (Wildman–Crippen MR) is 77.5 cm³/mol. The first-order chi connectivity index (χ1) is 9.04. The lowest BCUT2D eigenvalue weighted by Gasteiger charge is -2.39. The first-order valence-electron chi connectivity index (χ1n) is 6.86. The molecule has 2 unspecified atom stereocenters. The summed E-state index contributed by atoms with van der Waals surface area (Å²) in [5.74, 6) is 1.06. The average molecular weight is 281 g/mol. The molecule has 104 valence electrons. The van der Waals surface area contributed by atoms with E-state index in [9.17, 15) is 4.79 Å². The van der Waals surface area contributed by atoms with Gasteiger partial charge >= 0.3 is 0 Å². The van der Waals surface area contributed by atoms with Crippen molar-refractivity contribution in [2.45, 2.75) is 45.1 Å². The van der Waals surface area contributed by atoms with E-state index >= 15 is 0 Å². The van der Waals surface area contributed by atoms with Gasteiger partial charge in [-0.1, -0.05) is 19.8 Å². The van der Waals surface area contributed by atoms with Crippen molar-refractivity contribution in [3.8, 4) is 0 Å². The molecule has 0 bridgehead atoms. The van der Waals surface area contributed by atoms with E-state index in [-0.39, 0.29) is 11.4 Å². The van der Waals surface area contributed by atoms with E-state index in [1.54, 1.807) is 12.3 Å². The molecule has 1 aromatic rings. The topological polar surface area (TPSA) is 42.0 Å². The molecule has 2 atom stereocenters. The van der Waals surface area contributed by atoms with Crippen LogP contribution in [0.2, 0.25) is 0 Å². The Bertz CT molecular complexity index is 463. The van der Waals surface area contributed by atoms with Gasteiger partial charge in [-0.15, -0.1) is 11.6 Å². The quantitative estimate of drug-likeness (QED) is 0.863. The molecular weight excluding hydrogens is 260 g/mol. The Labute approximate surface area is 119 Å². The molecule has 0 aromatic carbocycles. The van der Waals surface area contributed by atoms with Crippen LogP contribution >= 0.6 is 11.6 Å². The number of nitrogens with one attached hydrogen (secondary N) is 1. The van der Waals surface area contributed by atoms with Gasteiger partial charge in [0, 0.05) is 23.3 Å². The number of aryl methyl sites for hydroxylation is 1. The smallest absolute Gasteiger partial charge is 0.251 e. The molecule has 0 saturated heterocycles. The maximum absolute atomic E-state index is 12.3. The largest absolute Gasteiger partial charge is 0.345 e. The van der Waals surface area contributed by atoms with Gasteiger partial charge in [0.05, 0.1) is 5.54 Å². The number of hydrogen-bond donors (Lipinski definition) is 1. The Morgan fingerprint density at radius 3 is 3.05 bits per heavy atom. The van der Waals surface area contributed by atoms with E-state index in [2.05, 4.69) is 17.2 Å². The van der Waals surface area contributed by atoms with Crippen LogP contribution in [0, 0.1) is 12.8 Å². The van der Waals surface area contributed by atoms with Crippen molar-refractivity contribution in [2.75, 3.05) is 5.88 Å². The summed E-state index contributed by atoms with van der Waals surface area (Å²) >= 11 is 6.14. The van der Waals surface area contributed by atoms with E-state index in [0.29, 0.717) is 17.4 Å². The van der Waals surface area contributed by atoms with Crippen molar-refractivity contribution < 1.29 is 4.79 Å². The zero-order valence-corrected chi connectivity index (χ0v) is 12.3. The summed E-state index contributed by atoms with van der Waals surface area (Å²) in [4.78, 5) is 16.5. The number of carbonyl (C=O) groups excluding carboxylic acids is 1. The molecule has 3 nitrogen and oxygen atoms in total. The van der Waals surface area contributed by atoms with Crippen LogP contribution < -0.4 is 5.32 Å². The van der Waals surface area contributed by atoms with Crippen LogP contribution in [-0.4, -0.2) is 22.3 Å². The molecule has 1 saturated carbocycles. The second-order valence-corrected chi connectivity index (χ2v) is 6.02. The van der Waals surface area contributed by atoms with Crippen LogP contribution in [0.15, 0.2) is 18.3 Å². The SMILES string of the molecule is Cc1cc(C(=O)NC2(CCl)CCCC(C)C2)ccn1. The fourth-order valence-corrected chi connectivity index (χ4v) is 3.24. The van der Waals surface area contributed by atoms with Gasteiger partial charge in [0.1, 0.15) is 0 Å². The van der Waals surface area contributed by atoms with Gasteiger partial charge in [-0.05, 0) is 37.8 Å². The molecule has 1 aromatic heterocycles. The lowest BCUT2D eigenvalue weighted by atomic mass is 9.77. The summed E-state index contributed by atoms with van der Waals surface area (Å²) in [7, 11) is 0. The fourth-order valence-electron chi connectivity index (χ4n) is 2.93. The molecule has 0 spiro atoms. The molecule has 2 rings (SSSR count). The molecule has 1 aliphatic rings. The number of hydrogen-bond acceptors (Lipinski definition) is 2. The van der Waals surface area contributed by atoms with Gasteiger partial charge in [-0.3, -0.25) is 9.78 Å². The van der Waals surface area contributed by atoms with Crippen molar-refractivity contribution in [3.05, 3.63) is 29.6 Å². The van der Waals surface area contributed by atoms with Crippen LogP contribution in [-0.2, 0) is 0 Å². The van der Waals surface area contributed by atoms with E-state index in [1.165, 1.54) is 6.42 Å². The number of aromatic nitrogens is 1. The number of alkyl halides is 1. The number of rotatable bonds is 3. The highest BCUT2D eigenvalue weighted by atomic mass is 35.5. The summed E-state index contributed by atoms with van der Waals surface area (Å²) in [6.07, 6.45) is 5.95. The molecular formula is C15H21ClN2O. The molecule has 1 N–H and O–H groups in total. The first-order valence-corrected chi connectivity index (χ1v) is 7.39. The van der Waals surface area contributed by atoms with E-state index in [4.69, 9.17) is 11.6 Å². The number of carbonyl (C=O) groups is 1. The highest BCUT2D eigenvalue weighted by molar-refractivity contribution is 6.19. The highest BCUT2D eigenvalue weighted by Gasteiger charge is 2.35. The average Bonchev–Trinajstić information content (AvgIpc) is 2.38. The van der Waals surface area contributed by atoms with Gasteiger partial charge in [-0.25, -0.2) is 0 Å². The summed E-state index contributed by atoms with van der Waals surface area (Å²) in [6.45, 7) is 4.11. The lowest BCUT2D eigenvalue weighted by molar-refractivity contribution is 0.0867. The van der Waals surface area contributed by atoms with Crippen LogP contribution in [0.25, 0.3) is 0 Å². The van der Waals surface area contributed by atoms with Gasteiger partial charge in [-0.2, -0.15) is 0 Å². The monoisotopic (exact) mass is 280 g/mol. The normalized spacial score (nSPS) is 27.0. The first kappa shape index (κ1) is 14.3. The Balaban J connectivity index is 2.12. The van der Waals surface area contributed by atoms with Crippen molar-refractivity contribution in [1.29, 1.82) is 0 Å². The van der Waals surface area contributed by atoms with Crippen LogP contribution in [0.1, 0.15) is 48.7 Å². The zero-order chi connectivity index (χ0) is 13.9. The third-order valence-corrected chi connectivity index (χ3v) is 4.40. The number of pyridine rings is 1. The van der Waals surface area contributed by atoms with Gasteiger partial charge in [0.15, 0.2) is 0 Å². The maximum atomic E-state index is 12.3. The third kappa shape index (κ3) is 3.47. The molecule has 1 fully saturated rings. The summed E-state index contributed by atoms with van der Waals surface area (Å²) in [5.41, 5.74) is 1.27. The van der Waals surface area contributed by atoms with Crippen molar-refractivity contribution in [3.63, 3.8) is 0 Å². The number of amides is 1. The minimum atomic E-state index is -0.243. The predicted octanol–water partition coefficient (Wildman–Crippen LogP) is 3.31. The fraction of sp³-hybridized carbons (Fsp3) is 0.600. The Morgan fingerprint density at radius 1 is 1.63 bits per heavy atom. The summed E-state index contributed by atoms with van der Waals surface area (Å²) in [5, 5.41) is 3.16. The number of halogens is 1. The maximum Gasteiger partial charge on any atom is 0.251 e. The van der Waals surface area contributed by atoms with Gasteiger partial charge in [0.2, 0.25) is 0 Å². The Kier molecular flexibility index (Phi) is 4.46.